The molecule has 6 nitrogen and oxygen atoms in total. The van der Waals surface area contributed by atoms with Crippen LogP contribution in [-0.4, -0.2) is 27.0 Å². The lowest BCUT2D eigenvalue weighted by Crippen LogP contribution is -2.35. The van der Waals surface area contributed by atoms with Crippen LogP contribution in [0, 0.1) is 6.92 Å². The average Bonchev–Trinajstić information content (AvgIpc) is 3.21. The van der Waals surface area contributed by atoms with Gasteiger partial charge in [-0.2, -0.15) is 0 Å². The fraction of sp³-hybridized carbons (Fsp3) is 0.286. The molecule has 0 saturated heterocycles. The second-order valence-corrected chi connectivity index (χ2v) is 8.64. The molecule has 0 fully saturated rings. The van der Waals surface area contributed by atoms with Crippen LogP contribution in [0.5, 0.6) is 0 Å². The molecule has 0 spiro atoms. The van der Waals surface area contributed by atoms with E-state index >= 15 is 0 Å². The van der Waals surface area contributed by atoms with Gasteiger partial charge in [-0.15, -0.1) is 0 Å². The highest BCUT2D eigenvalue weighted by molar-refractivity contribution is 7.89. The summed E-state index contributed by atoms with van der Waals surface area (Å²) in [5, 5.41) is 0.584. The van der Waals surface area contributed by atoms with E-state index in [-0.39, 0.29) is 23.3 Å². The van der Waals surface area contributed by atoms with Crippen molar-refractivity contribution in [3.05, 3.63) is 64.9 Å². The summed E-state index contributed by atoms with van der Waals surface area (Å²) in [6, 6.07) is 12.4. The SMILES string of the molecule is CCOC(=O)c1oc2ccc(S(=O)(=O)NC3Cc4ccccc4C3)cc2c1C. The summed E-state index contributed by atoms with van der Waals surface area (Å²) in [5.41, 5.74) is 3.37. The number of hydrogen-bond acceptors (Lipinski definition) is 5. The molecule has 146 valence electrons. The van der Waals surface area contributed by atoms with Crippen LogP contribution in [0.25, 0.3) is 11.0 Å². The smallest absolute Gasteiger partial charge is 0.374 e. The number of rotatable bonds is 5. The summed E-state index contributed by atoms with van der Waals surface area (Å²) in [6.45, 7) is 3.67. The number of hydrogen-bond donors (Lipinski definition) is 1. The van der Waals surface area contributed by atoms with Crippen molar-refractivity contribution in [2.45, 2.75) is 37.6 Å². The van der Waals surface area contributed by atoms with E-state index in [0.29, 0.717) is 29.4 Å². The number of ether oxygens (including phenoxy) is 1. The lowest BCUT2D eigenvalue weighted by atomic mass is 10.1. The number of sulfonamides is 1. The van der Waals surface area contributed by atoms with Gasteiger partial charge in [0, 0.05) is 17.0 Å². The first-order valence-corrected chi connectivity index (χ1v) is 10.7. The van der Waals surface area contributed by atoms with E-state index in [2.05, 4.69) is 4.72 Å². The first-order chi connectivity index (χ1) is 13.4. The summed E-state index contributed by atoms with van der Waals surface area (Å²) in [5.74, 6) is -0.451. The Balaban J connectivity index is 1.61. The molecule has 28 heavy (non-hydrogen) atoms. The van der Waals surface area contributed by atoms with Crippen LogP contribution in [0.4, 0.5) is 0 Å². The second-order valence-electron chi connectivity index (χ2n) is 6.93. The lowest BCUT2D eigenvalue weighted by molar-refractivity contribution is 0.0491. The Morgan fingerprint density at radius 3 is 2.50 bits per heavy atom. The van der Waals surface area contributed by atoms with E-state index in [1.165, 1.54) is 17.2 Å². The van der Waals surface area contributed by atoms with Gasteiger partial charge < -0.3 is 9.15 Å². The van der Waals surface area contributed by atoms with Crippen molar-refractivity contribution in [1.82, 2.24) is 4.72 Å². The highest BCUT2D eigenvalue weighted by atomic mass is 32.2. The molecule has 0 saturated carbocycles. The molecular formula is C21H21NO5S. The monoisotopic (exact) mass is 399 g/mol. The van der Waals surface area contributed by atoms with Crippen LogP contribution in [-0.2, 0) is 27.6 Å². The van der Waals surface area contributed by atoms with Gasteiger partial charge in [0.2, 0.25) is 15.8 Å². The molecule has 1 aliphatic rings. The molecular weight excluding hydrogens is 378 g/mol. The molecule has 2 aromatic carbocycles. The molecule has 1 aromatic heterocycles. The molecule has 0 radical (unpaired) electrons. The van der Waals surface area contributed by atoms with Crippen molar-refractivity contribution in [2.24, 2.45) is 0 Å². The third-order valence-corrected chi connectivity index (χ3v) is 6.57. The first-order valence-electron chi connectivity index (χ1n) is 9.18. The quantitative estimate of drug-likeness (QED) is 0.665. The maximum Gasteiger partial charge on any atom is 0.374 e. The van der Waals surface area contributed by atoms with Crippen molar-refractivity contribution in [3.63, 3.8) is 0 Å². The number of carbonyl (C=O) groups excluding carboxylic acids is 1. The average molecular weight is 399 g/mol. The molecule has 0 atom stereocenters. The van der Waals surface area contributed by atoms with E-state index in [4.69, 9.17) is 9.15 Å². The lowest BCUT2D eigenvalue weighted by Gasteiger charge is -2.12. The molecule has 0 unspecified atom stereocenters. The van der Waals surface area contributed by atoms with E-state index in [9.17, 15) is 13.2 Å². The molecule has 7 heteroatoms. The van der Waals surface area contributed by atoms with Crippen LogP contribution in [0.3, 0.4) is 0 Å². The van der Waals surface area contributed by atoms with Gasteiger partial charge in [-0.05, 0) is 56.0 Å². The minimum Gasteiger partial charge on any atom is -0.460 e. The molecule has 0 aliphatic heterocycles. The Morgan fingerprint density at radius 1 is 1.18 bits per heavy atom. The minimum atomic E-state index is -3.70. The molecule has 1 heterocycles. The Bertz CT molecular complexity index is 1140. The predicted molar refractivity (Wildman–Crippen MR) is 105 cm³/mol. The van der Waals surface area contributed by atoms with E-state index in [0.717, 1.165) is 0 Å². The topological polar surface area (TPSA) is 85.6 Å². The van der Waals surface area contributed by atoms with Crippen molar-refractivity contribution in [2.75, 3.05) is 6.61 Å². The molecule has 1 N–H and O–H groups in total. The summed E-state index contributed by atoms with van der Waals surface area (Å²) >= 11 is 0. The molecule has 0 amide bonds. The zero-order chi connectivity index (χ0) is 19.9. The third kappa shape index (κ3) is 3.31. The number of aryl methyl sites for hydroxylation is 1. The van der Waals surface area contributed by atoms with Gasteiger partial charge in [-0.1, -0.05) is 24.3 Å². The zero-order valence-corrected chi connectivity index (χ0v) is 16.5. The summed E-state index contributed by atoms with van der Waals surface area (Å²) in [6.07, 6.45) is 1.35. The zero-order valence-electron chi connectivity index (χ0n) is 15.7. The van der Waals surface area contributed by atoms with E-state index in [1.807, 2.05) is 24.3 Å². The standard InChI is InChI=1S/C21H21NO5S/c1-3-26-21(23)20-13(2)18-12-17(8-9-19(18)27-20)28(24,25)22-16-10-14-6-4-5-7-15(14)11-16/h4-9,12,16,22H,3,10-11H2,1-2H3. The summed E-state index contributed by atoms with van der Waals surface area (Å²) < 4.78 is 39.2. The fourth-order valence-electron chi connectivity index (χ4n) is 3.69. The highest BCUT2D eigenvalue weighted by Gasteiger charge is 2.27. The first kappa shape index (κ1) is 18.7. The van der Waals surface area contributed by atoms with Crippen LogP contribution in [0.15, 0.2) is 51.8 Å². The number of nitrogens with one attached hydrogen (secondary N) is 1. The minimum absolute atomic E-state index is 0.102. The molecule has 3 aromatic rings. The van der Waals surface area contributed by atoms with Crippen molar-refractivity contribution < 1.29 is 22.4 Å². The largest absolute Gasteiger partial charge is 0.460 e. The van der Waals surface area contributed by atoms with Gasteiger partial charge >= 0.3 is 5.97 Å². The Morgan fingerprint density at radius 2 is 1.86 bits per heavy atom. The Hall–Kier alpha value is -2.64. The van der Waals surface area contributed by atoms with Gasteiger partial charge in [0.05, 0.1) is 11.5 Å². The van der Waals surface area contributed by atoms with Crippen LogP contribution >= 0.6 is 0 Å². The number of furan rings is 1. The maximum absolute atomic E-state index is 12.9. The number of benzene rings is 2. The molecule has 4 rings (SSSR count). The van der Waals surface area contributed by atoms with Crippen molar-refractivity contribution in [3.8, 4) is 0 Å². The van der Waals surface area contributed by atoms with Gasteiger partial charge in [-0.25, -0.2) is 17.9 Å². The van der Waals surface area contributed by atoms with E-state index in [1.54, 1.807) is 26.0 Å². The van der Waals surface area contributed by atoms with Crippen LogP contribution in [0.1, 0.15) is 34.2 Å². The molecule has 0 bridgehead atoms. The summed E-state index contributed by atoms with van der Waals surface area (Å²) in [7, 11) is -3.70. The highest BCUT2D eigenvalue weighted by Crippen LogP contribution is 2.29. The normalized spacial score (nSPS) is 14.4. The van der Waals surface area contributed by atoms with Crippen LogP contribution in [0.2, 0.25) is 0 Å². The van der Waals surface area contributed by atoms with Gasteiger partial charge in [0.25, 0.3) is 0 Å². The third-order valence-electron chi connectivity index (χ3n) is 5.05. The van der Waals surface area contributed by atoms with Crippen LogP contribution < -0.4 is 4.72 Å². The second kappa shape index (κ2) is 7.07. The predicted octanol–water partition coefficient (Wildman–Crippen LogP) is 3.36. The van der Waals surface area contributed by atoms with Gasteiger partial charge in [0.15, 0.2) is 0 Å². The van der Waals surface area contributed by atoms with Crippen molar-refractivity contribution >= 4 is 27.0 Å². The van der Waals surface area contributed by atoms with Gasteiger partial charge in [0.1, 0.15) is 5.58 Å². The van der Waals surface area contributed by atoms with E-state index < -0.39 is 16.0 Å². The Labute approximate surface area is 163 Å². The summed E-state index contributed by atoms with van der Waals surface area (Å²) in [4.78, 5) is 12.2. The molecule has 1 aliphatic carbocycles. The maximum atomic E-state index is 12.9. The number of carbonyl (C=O) groups is 1. The number of esters is 1. The van der Waals surface area contributed by atoms with Gasteiger partial charge in [-0.3, -0.25) is 0 Å². The Kier molecular flexibility index (Phi) is 4.72. The number of fused-ring (bicyclic) bond motifs is 2. The van der Waals surface area contributed by atoms with Crippen molar-refractivity contribution in [1.29, 1.82) is 0 Å². The fourth-order valence-corrected chi connectivity index (χ4v) is 4.95.